The van der Waals surface area contributed by atoms with Crippen molar-refractivity contribution in [3.8, 4) is 5.75 Å². The summed E-state index contributed by atoms with van der Waals surface area (Å²) in [4.78, 5) is 14.2. The maximum atomic E-state index is 12.3. The number of fused-ring (bicyclic) bond motifs is 1. The zero-order valence-electron chi connectivity index (χ0n) is 11.4. The molecule has 0 bridgehead atoms. The molecule has 0 radical (unpaired) electrons. The quantitative estimate of drug-likeness (QED) is 0.621. The van der Waals surface area contributed by atoms with Gasteiger partial charge in [-0.3, -0.25) is 4.79 Å². The van der Waals surface area contributed by atoms with Crippen molar-refractivity contribution in [2.75, 3.05) is 21.2 Å². The Kier molecular flexibility index (Phi) is 3.85. The molecule has 0 aliphatic carbocycles. The van der Waals surface area contributed by atoms with E-state index in [2.05, 4.69) is 0 Å². The fourth-order valence-corrected chi connectivity index (χ4v) is 1.98. The van der Waals surface area contributed by atoms with E-state index in [4.69, 9.17) is 4.74 Å². The van der Waals surface area contributed by atoms with Crippen molar-refractivity contribution in [2.24, 2.45) is 0 Å². The molecule has 2 aromatic rings. The Balaban J connectivity index is 2.59. The molecule has 0 atom stereocenters. The number of nitrogens with zero attached hydrogens (tertiary/aromatic N) is 1. The average molecular weight is 255 g/mol. The number of ketones is 1. The normalized spacial score (nSPS) is 10.9. The minimum Gasteiger partial charge on any atom is -0.496 e. The van der Waals surface area contributed by atoms with Crippen LogP contribution in [0.25, 0.3) is 10.8 Å². The Morgan fingerprint density at radius 3 is 2.58 bits per heavy atom. The highest BCUT2D eigenvalue weighted by Crippen LogP contribution is 2.28. The summed E-state index contributed by atoms with van der Waals surface area (Å²) in [6.45, 7) is 0. The van der Waals surface area contributed by atoms with Gasteiger partial charge in [0.1, 0.15) is 5.75 Å². The number of benzene rings is 2. The lowest BCUT2D eigenvalue weighted by Crippen LogP contribution is -2.05. The first-order chi connectivity index (χ1) is 9.13. The van der Waals surface area contributed by atoms with Gasteiger partial charge in [-0.25, -0.2) is 0 Å². The maximum Gasteiger partial charge on any atom is 0.191 e. The van der Waals surface area contributed by atoms with Crippen molar-refractivity contribution in [2.45, 2.75) is 0 Å². The van der Waals surface area contributed by atoms with Crippen molar-refractivity contribution >= 4 is 16.6 Å². The van der Waals surface area contributed by atoms with E-state index in [-0.39, 0.29) is 5.78 Å². The van der Waals surface area contributed by atoms with Gasteiger partial charge >= 0.3 is 0 Å². The minimum atomic E-state index is -0.0534. The molecular formula is C16H17NO2. The molecule has 0 N–H and O–H groups in total. The molecule has 2 aromatic carbocycles. The lowest BCUT2D eigenvalue weighted by Gasteiger charge is -2.10. The summed E-state index contributed by atoms with van der Waals surface area (Å²) < 4.78 is 5.31. The Morgan fingerprint density at radius 1 is 1.16 bits per heavy atom. The average Bonchev–Trinajstić information content (AvgIpc) is 2.43. The zero-order valence-corrected chi connectivity index (χ0v) is 11.4. The fourth-order valence-electron chi connectivity index (χ4n) is 1.98. The number of hydrogen-bond acceptors (Lipinski definition) is 3. The predicted molar refractivity (Wildman–Crippen MR) is 77.7 cm³/mol. The summed E-state index contributed by atoms with van der Waals surface area (Å²) in [5.74, 6) is 0.550. The molecule has 0 saturated heterocycles. The molecule has 3 nitrogen and oxygen atoms in total. The first-order valence-corrected chi connectivity index (χ1v) is 6.08. The highest BCUT2D eigenvalue weighted by Gasteiger charge is 2.13. The van der Waals surface area contributed by atoms with E-state index in [1.807, 2.05) is 55.4 Å². The molecule has 0 aliphatic heterocycles. The van der Waals surface area contributed by atoms with Crippen LogP contribution in [0.5, 0.6) is 5.75 Å². The van der Waals surface area contributed by atoms with Crippen molar-refractivity contribution in [1.82, 2.24) is 4.90 Å². The van der Waals surface area contributed by atoms with E-state index in [0.717, 1.165) is 10.8 Å². The Morgan fingerprint density at radius 2 is 1.89 bits per heavy atom. The molecule has 2 rings (SSSR count). The van der Waals surface area contributed by atoms with E-state index >= 15 is 0 Å². The summed E-state index contributed by atoms with van der Waals surface area (Å²) in [5.41, 5.74) is 0.610. The van der Waals surface area contributed by atoms with Crippen molar-refractivity contribution in [1.29, 1.82) is 0 Å². The highest BCUT2D eigenvalue weighted by atomic mass is 16.5. The van der Waals surface area contributed by atoms with Gasteiger partial charge in [-0.15, -0.1) is 0 Å². The third-order valence-corrected chi connectivity index (χ3v) is 2.88. The molecule has 0 fully saturated rings. The predicted octanol–water partition coefficient (Wildman–Crippen LogP) is 3.11. The lowest BCUT2D eigenvalue weighted by atomic mass is 10.00. The molecular weight excluding hydrogens is 238 g/mol. The number of carbonyl (C=O) groups is 1. The Hall–Kier alpha value is -2.29. The molecule has 0 amide bonds. The summed E-state index contributed by atoms with van der Waals surface area (Å²) in [6.07, 6.45) is 3.30. The summed E-state index contributed by atoms with van der Waals surface area (Å²) in [6, 6.07) is 11.6. The van der Waals surface area contributed by atoms with Crippen molar-refractivity contribution < 1.29 is 9.53 Å². The van der Waals surface area contributed by atoms with E-state index < -0.39 is 0 Å². The molecule has 0 saturated carbocycles. The van der Waals surface area contributed by atoms with Crippen molar-refractivity contribution in [3.63, 3.8) is 0 Å². The third kappa shape index (κ3) is 2.76. The van der Waals surface area contributed by atoms with Gasteiger partial charge in [0.25, 0.3) is 0 Å². The van der Waals surface area contributed by atoms with Gasteiger partial charge in [-0.2, -0.15) is 0 Å². The topological polar surface area (TPSA) is 29.5 Å². The Labute approximate surface area is 113 Å². The largest absolute Gasteiger partial charge is 0.496 e. The van der Waals surface area contributed by atoms with Crippen LogP contribution in [0, 0.1) is 0 Å². The van der Waals surface area contributed by atoms with Gasteiger partial charge in [0.05, 0.1) is 12.7 Å². The van der Waals surface area contributed by atoms with Gasteiger partial charge < -0.3 is 9.64 Å². The van der Waals surface area contributed by atoms with E-state index in [1.54, 1.807) is 19.4 Å². The molecule has 0 spiro atoms. The van der Waals surface area contributed by atoms with E-state index in [1.165, 1.54) is 0 Å². The zero-order chi connectivity index (χ0) is 13.8. The maximum absolute atomic E-state index is 12.3. The number of allylic oxidation sites excluding steroid dienone is 1. The molecule has 3 heteroatoms. The Bertz CT molecular complexity index is 630. The second-order valence-electron chi connectivity index (χ2n) is 4.51. The molecule has 0 aliphatic rings. The summed E-state index contributed by atoms with van der Waals surface area (Å²) in [5, 5.41) is 1.94. The van der Waals surface area contributed by atoms with Gasteiger partial charge in [0, 0.05) is 26.4 Å². The monoisotopic (exact) mass is 255 g/mol. The van der Waals surface area contributed by atoms with Crippen LogP contribution >= 0.6 is 0 Å². The number of rotatable bonds is 4. The van der Waals surface area contributed by atoms with E-state index in [0.29, 0.717) is 11.3 Å². The molecule has 98 valence electrons. The second kappa shape index (κ2) is 5.57. The van der Waals surface area contributed by atoms with Gasteiger partial charge in [0.2, 0.25) is 0 Å². The fraction of sp³-hybridized carbons (Fsp3) is 0.188. The molecule has 0 unspecified atom stereocenters. The smallest absolute Gasteiger partial charge is 0.191 e. The first-order valence-electron chi connectivity index (χ1n) is 6.08. The van der Waals surface area contributed by atoms with Crippen LogP contribution in [-0.2, 0) is 0 Å². The molecule has 0 heterocycles. The van der Waals surface area contributed by atoms with Crippen LogP contribution in [0.4, 0.5) is 0 Å². The number of methoxy groups -OCH3 is 1. The molecule has 19 heavy (non-hydrogen) atoms. The third-order valence-electron chi connectivity index (χ3n) is 2.88. The van der Waals surface area contributed by atoms with Crippen molar-refractivity contribution in [3.05, 3.63) is 54.2 Å². The van der Waals surface area contributed by atoms with E-state index in [9.17, 15) is 4.79 Å². The van der Waals surface area contributed by atoms with Crippen LogP contribution in [0.2, 0.25) is 0 Å². The summed E-state index contributed by atoms with van der Waals surface area (Å²) >= 11 is 0. The second-order valence-corrected chi connectivity index (χ2v) is 4.51. The standard InChI is InChI=1S/C16H17NO2/c1-17(2)11-10-14(18)16-13-7-5-4-6-12(13)8-9-15(16)19-3/h4-11H,1-3H3/b11-10+. The van der Waals surface area contributed by atoms with Crippen LogP contribution in [0.3, 0.4) is 0 Å². The number of ether oxygens (including phenoxy) is 1. The van der Waals surface area contributed by atoms with Crippen LogP contribution in [0.1, 0.15) is 10.4 Å². The highest BCUT2D eigenvalue weighted by molar-refractivity contribution is 6.15. The SMILES string of the molecule is COc1ccc2ccccc2c1C(=O)/C=C/N(C)C. The van der Waals surface area contributed by atoms with Crippen LogP contribution in [0.15, 0.2) is 48.7 Å². The lowest BCUT2D eigenvalue weighted by molar-refractivity contribution is 0.104. The molecule has 0 aromatic heterocycles. The minimum absolute atomic E-state index is 0.0534. The van der Waals surface area contributed by atoms with Crippen LogP contribution in [-0.4, -0.2) is 31.9 Å². The van der Waals surface area contributed by atoms with Gasteiger partial charge in [0.15, 0.2) is 5.78 Å². The number of carbonyl (C=O) groups excluding carboxylic acids is 1. The van der Waals surface area contributed by atoms with Crippen LogP contribution < -0.4 is 4.74 Å². The first kappa shape index (κ1) is 13.1. The number of hydrogen-bond donors (Lipinski definition) is 0. The van der Waals surface area contributed by atoms with Gasteiger partial charge in [-0.1, -0.05) is 30.3 Å². The van der Waals surface area contributed by atoms with Gasteiger partial charge in [-0.05, 0) is 16.8 Å². The summed E-state index contributed by atoms with van der Waals surface area (Å²) in [7, 11) is 5.34.